The van der Waals surface area contributed by atoms with E-state index in [2.05, 4.69) is 9.97 Å². The minimum Gasteiger partial charge on any atom is -0.467 e. The first-order valence-corrected chi connectivity index (χ1v) is 6.38. The summed E-state index contributed by atoms with van der Waals surface area (Å²) >= 11 is 1.12. The number of thioether (sulfide) groups is 1. The summed E-state index contributed by atoms with van der Waals surface area (Å²) in [6.07, 6.45) is 1.10. The Balaban J connectivity index is 2.51. The topological polar surface area (TPSA) is 92.5 Å². The lowest BCUT2D eigenvalue weighted by molar-refractivity contribution is -0.109. The second-order valence-electron chi connectivity index (χ2n) is 3.64. The van der Waals surface area contributed by atoms with Gasteiger partial charge in [0.2, 0.25) is 0 Å². The number of aromatic nitrogens is 2. The lowest BCUT2D eigenvalue weighted by Crippen LogP contribution is -2.19. The van der Waals surface area contributed by atoms with Crippen molar-refractivity contribution < 1.29 is 19.7 Å². The Morgan fingerprint density at radius 2 is 2.06 bits per heavy atom. The molecule has 7 heteroatoms. The van der Waals surface area contributed by atoms with Gasteiger partial charge < -0.3 is 14.9 Å². The van der Waals surface area contributed by atoms with Crippen LogP contribution in [-0.4, -0.2) is 44.3 Å². The number of hydrogen-bond acceptors (Lipinski definition) is 7. The number of nitrogens with zero attached hydrogens (tertiary/aromatic N) is 2. The SMILES string of the molecule is COc1ncc(C(O)C(O)CCSC(C)=O)cn1. The second kappa shape index (κ2) is 7.30. The molecule has 0 saturated heterocycles. The Kier molecular flexibility index (Phi) is 6.03. The van der Waals surface area contributed by atoms with Gasteiger partial charge in [-0.2, -0.15) is 0 Å². The van der Waals surface area contributed by atoms with Crippen molar-refractivity contribution in [2.24, 2.45) is 0 Å². The maximum atomic E-state index is 10.7. The summed E-state index contributed by atoms with van der Waals surface area (Å²) in [6.45, 7) is 1.46. The monoisotopic (exact) mass is 272 g/mol. The Morgan fingerprint density at radius 3 is 2.56 bits per heavy atom. The molecule has 1 heterocycles. The van der Waals surface area contributed by atoms with Crippen molar-refractivity contribution >= 4 is 16.9 Å². The first-order valence-electron chi connectivity index (χ1n) is 5.40. The van der Waals surface area contributed by atoms with Crippen LogP contribution in [0.1, 0.15) is 25.0 Å². The Hall–Kier alpha value is -1.18. The van der Waals surface area contributed by atoms with Crippen LogP contribution in [0.2, 0.25) is 0 Å². The molecule has 0 saturated carbocycles. The molecule has 0 aromatic carbocycles. The molecule has 0 bridgehead atoms. The van der Waals surface area contributed by atoms with Gasteiger partial charge in [0.15, 0.2) is 5.12 Å². The average Bonchev–Trinajstić information content (AvgIpc) is 2.37. The molecule has 0 radical (unpaired) electrons. The molecule has 0 amide bonds. The zero-order valence-corrected chi connectivity index (χ0v) is 11.1. The molecule has 100 valence electrons. The van der Waals surface area contributed by atoms with E-state index < -0.39 is 12.2 Å². The van der Waals surface area contributed by atoms with Gasteiger partial charge in [-0.1, -0.05) is 11.8 Å². The van der Waals surface area contributed by atoms with Crippen LogP contribution in [0.4, 0.5) is 0 Å². The number of methoxy groups -OCH3 is 1. The minimum atomic E-state index is -1.07. The van der Waals surface area contributed by atoms with Crippen molar-refractivity contribution in [2.45, 2.75) is 25.6 Å². The highest BCUT2D eigenvalue weighted by molar-refractivity contribution is 8.13. The molecule has 18 heavy (non-hydrogen) atoms. The predicted octanol–water partition coefficient (Wildman–Crippen LogP) is 0.549. The van der Waals surface area contributed by atoms with Crippen molar-refractivity contribution in [1.82, 2.24) is 9.97 Å². The molecule has 0 aliphatic heterocycles. The number of carbonyl (C=O) groups excluding carboxylic acids is 1. The van der Waals surface area contributed by atoms with Crippen molar-refractivity contribution in [3.63, 3.8) is 0 Å². The van der Waals surface area contributed by atoms with E-state index in [-0.39, 0.29) is 11.1 Å². The zero-order chi connectivity index (χ0) is 13.5. The normalized spacial score (nSPS) is 14.0. The molecule has 2 atom stereocenters. The number of carbonyl (C=O) groups is 1. The van der Waals surface area contributed by atoms with Gasteiger partial charge in [-0.3, -0.25) is 4.79 Å². The molecule has 1 aromatic rings. The zero-order valence-electron chi connectivity index (χ0n) is 10.2. The van der Waals surface area contributed by atoms with Gasteiger partial charge in [-0.15, -0.1) is 0 Å². The lowest BCUT2D eigenvalue weighted by atomic mass is 10.1. The summed E-state index contributed by atoms with van der Waals surface area (Å²) in [5, 5.41) is 19.6. The van der Waals surface area contributed by atoms with Crippen LogP contribution in [0.3, 0.4) is 0 Å². The van der Waals surface area contributed by atoms with Gasteiger partial charge in [0.25, 0.3) is 0 Å². The molecular weight excluding hydrogens is 256 g/mol. The van der Waals surface area contributed by atoms with E-state index in [0.717, 1.165) is 11.8 Å². The van der Waals surface area contributed by atoms with Gasteiger partial charge in [-0.05, 0) is 6.42 Å². The summed E-state index contributed by atoms with van der Waals surface area (Å²) in [4.78, 5) is 18.4. The van der Waals surface area contributed by atoms with Gasteiger partial charge >= 0.3 is 6.01 Å². The largest absolute Gasteiger partial charge is 0.467 e. The van der Waals surface area contributed by atoms with Crippen LogP contribution in [0.5, 0.6) is 6.01 Å². The number of hydrogen-bond donors (Lipinski definition) is 2. The molecule has 0 aliphatic carbocycles. The van der Waals surface area contributed by atoms with E-state index in [0.29, 0.717) is 17.7 Å². The Bertz CT molecular complexity index is 385. The van der Waals surface area contributed by atoms with Crippen LogP contribution in [0, 0.1) is 0 Å². The summed E-state index contributed by atoms with van der Waals surface area (Å²) < 4.78 is 4.79. The molecule has 2 N–H and O–H groups in total. The molecule has 1 aromatic heterocycles. The van der Waals surface area contributed by atoms with Gasteiger partial charge in [0, 0.05) is 30.6 Å². The highest BCUT2D eigenvalue weighted by atomic mass is 32.2. The second-order valence-corrected chi connectivity index (χ2v) is 4.92. The van der Waals surface area contributed by atoms with E-state index >= 15 is 0 Å². The fraction of sp³-hybridized carbons (Fsp3) is 0.545. The Morgan fingerprint density at radius 1 is 1.44 bits per heavy atom. The molecule has 0 spiro atoms. The molecule has 0 fully saturated rings. The number of rotatable bonds is 6. The van der Waals surface area contributed by atoms with Gasteiger partial charge in [0.1, 0.15) is 6.10 Å². The van der Waals surface area contributed by atoms with Gasteiger partial charge in [-0.25, -0.2) is 9.97 Å². The quantitative estimate of drug-likeness (QED) is 0.781. The highest BCUT2D eigenvalue weighted by Crippen LogP contribution is 2.20. The summed E-state index contributed by atoms with van der Waals surface area (Å²) in [6, 6.07) is 0.201. The van der Waals surface area contributed by atoms with Crippen molar-refractivity contribution in [3.8, 4) is 6.01 Å². The van der Waals surface area contributed by atoms with E-state index in [1.54, 1.807) is 0 Å². The third kappa shape index (κ3) is 4.59. The summed E-state index contributed by atoms with van der Waals surface area (Å²) in [7, 11) is 1.44. The van der Waals surface area contributed by atoms with Crippen molar-refractivity contribution in [1.29, 1.82) is 0 Å². The number of ether oxygens (including phenoxy) is 1. The van der Waals surface area contributed by atoms with Crippen LogP contribution >= 0.6 is 11.8 Å². The smallest absolute Gasteiger partial charge is 0.316 e. The molecule has 1 rings (SSSR count). The summed E-state index contributed by atoms with van der Waals surface area (Å²) in [5.41, 5.74) is 0.413. The maximum absolute atomic E-state index is 10.7. The molecule has 0 aliphatic rings. The average molecular weight is 272 g/mol. The van der Waals surface area contributed by atoms with Crippen LogP contribution < -0.4 is 4.74 Å². The predicted molar refractivity (Wildman–Crippen MR) is 67.3 cm³/mol. The fourth-order valence-corrected chi connectivity index (χ4v) is 1.93. The van der Waals surface area contributed by atoms with Crippen LogP contribution in [0.25, 0.3) is 0 Å². The van der Waals surface area contributed by atoms with E-state index in [4.69, 9.17) is 4.74 Å². The van der Waals surface area contributed by atoms with Crippen molar-refractivity contribution in [2.75, 3.05) is 12.9 Å². The maximum Gasteiger partial charge on any atom is 0.316 e. The standard InChI is InChI=1S/C11H16N2O4S/c1-7(14)18-4-3-9(15)10(16)8-5-12-11(17-2)13-6-8/h5-6,9-10,15-16H,3-4H2,1-2H3. The van der Waals surface area contributed by atoms with Crippen LogP contribution in [0.15, 0.2) is 12.4 Å². The highest BCUT2D eigenvalue weighted by Gasteiger charge is 2.19. The first kappa shape index (κ1) is 14.9. The Labute approximate surface area is 109 Å². The molecule has 6 nitrogen and oxygen atoms in total. The molecular formula is C11H16N2O4S. The third-order valence-electron chi connectivity index (χ3n) is 2.26. The van der Waals surface area contributed by atoms with Crippen molar-refractivity contribution in [3.05, 3.63) is 18.0 Å². The third-order valence-corrected chi connectivity index (χ3v) is 3.10. The van der Waals surface area contributed by atoms with E-state index in [1.807, 2.05) is 0 Å². The minimum absolute atomic E-state index is 0.00975. The first-order chi connectivity index (χ1) is 8.54. The lowest BCUT2D eigenvalue weighted by Gasteiger charge is -2.17. The van der Waals surface area contributed by atoms with E-state index in [1.165, 1.54) is 26.4 Å². The number of aliphatic hydroxyl groups excluding tert-OH is 2. The van der Waals surface area contributed by atoms with Crippen LogP contribution in [-0.2, 0) is 4.79 Å². The fourth-order valence-electron chi connectivity index (χ4n) is 1.29. The van der Waals surface area contributed by atoms with Gasteiger partial charge in [0.05, 0.1) is 13.2 Å². The van der Waals surface area contributed by atoms with E-state index in [9.17, 15) is 15.0 Å². The summed E-state index contributed by atoms with van der Waals surface area (Å²) in [5.74, 6) is 0.463. The number of aliphatic hydroxyl groups is 2. The molecule has 2 unspecified atom stereocenters.